The topological polar surface area (TPSA) is 107 Å². The van der Waals surface area contributed by atoms with Crippen molar-refractivity contribution in [3.05, 3.63) is 23.7 Å². The van der Waals surface area contributed by atoms with Gasteiger partial charge in [0.1, 0.15) is 17.5 Å². The highest BCUT2D eigenvalue weighted by Crippen LogP contribution is 2.26. The Morgan fingerprint density at radius 2 is 2.23 bits per heavy atom. The monoisotopic (exact) mass is 296 g/mol. The molecule has 3 aromatic rings. The lowest BCUT2D eigenvalue weighted by Gasteiger charge is -2.08. The number of hydrogen-bond acceptors (Lipinski definition) is 6. The highest BCUT2D eigenvalue weighted by molar-refractivity contribution is 5.93. The summed E-state index contributed by atoms with van der Waals surface area (Å²) in [4.78, 5) is 11.9. The number of aryl methyl sites for hydroxylation is 1. The Morgan fingerprint density at radius 3 is 2.86 bits per heavy atom. The summed E-state index contributed by atoms with van der Waals surface area (Å²) in [6.45, 7) is 4.64. The van der Waals surface area contributed by atoms with Gasteiger partial charge in [-0.2, -0.15) is 20.3 Å². The van der Waals surface area contributed by atoms with Gasteiger partial charge in [-0.3, -0.25) is 4.68 Å². The zero-order valence-corrected chi connectivity index (χ0v) is 12.6. The van der Waals surface area contributed by atoms with Crippen LogP contribution in [-0.2, 0) is 7.05 Å². The molecule has 0 radical (unpaired) electrons. The fraction of sp³-hybridized carbons (Fsp3) is 0.286. The number of fused-ring (bicyclic) bond motifs is 1. The number of aromatic amines is 1. The van der Waals surface area contributed by atoms with Crippen LogP contribution in [0.1, 0.15) is 18.2 Å². The number of rotatable bonds is 4. The lowest BCUT2D eigenvalue weighted by molar-refractivity contribution is 0.740. The quantitative estimate of drug-likeness (QED) is 0.680. The highest BCUT2D eigenvalue weighted by Gasteiger charge is 2.14. The van der Waals surface area contributed by atoms with E-state index in [1.807, 2.05) is 20.9 Å². The van der Waals surface area contributed by atoms with E-state index in [2.05, 4.69) is 36.8 Å². The fourth-order valence-corrected chi connectivity index (χ4v) is 2.21. The Kier molecular flexibility index (Phi) is 3.39. The molecule has 0 aromatic carbocycles. The van der Waals surface area contributed by atoms with Crippen LogP contribution in [0.4, 0.5) is 17.5 Å². The molecule has 8 heteroatoms. The van der Waals surface area contributed by atoms with Gasteiger partial charge >= 0.3 is 0 Å². The third-order valence-electron chi connectivity index (χ3n) is 3.48. The average Bonchev–Trinajstić information content (AvgIpc) is 3.06. The molecule has 0 atom stereocenters. The van der Waals surface area contributed by atoms with Crippen molar-refractivity contribution >= 4 is 28.5 Å². The molecule has 22 heavy (non-hydrogen) atoms. The van der Waals surface area contributed by atoms with Crippen molar-refractivity contribution in [2.75, 3.05) is 17.2 Å². The minimum Gasteiger partial charge on any atom is -0.370 e. The molecular weight excluding hydrogens is 280 g/mol. The molecule has 0 aliphatic heterocycles. The number of H-pyrrole nitrogens is 1. The lowest BCUT2D eigenvalue weighted by Crippen LogP contribution is -2.05. The first-order valence-corrected chi connectivity index (χ1v) is 6.92. The van der Waals surface area contributed by atoms with Crippen molar-refractivity contribution < 1.29 is 0 Å². The molecule has 112 valence electrons. The van der Waals surface area contributed by atoms with Crippen LogP contribution in [0.5, 0.6) is 0 Å². The maximum Gasteiger partial charge on any atom is 0.231 e. The molecule has 0 saturated heterocycles. The van der Waals surface area contributed by atoms with Crippen LogP contribution in [0.25, 0.3) is 11.0 Å². The first-order valence-electron chi connectivity index (χ1n) is 6.92. The van der Waals surface area contributed by atoms with Crippen LogP contribution in [0.2, 0.25) is 0 Å². The number of aromatic nitrogens is 5. The molecule has 0 amide bonds. The van der Waals surface area contributed by atoms with Gasteiger partial charge in [-0.1, -0.05) is 0 Å². The molecule has 3 heterocycles. The number of hydrogen-bond donors (Lipinski definition) is 3. The van der Waals surface area contributed by atoms with E-state index in [1.165, 1.54) is 0 Å². The second-order valence-corrected chi connectivity index (χ2v) is 4.86. The fourth-order valence-electron chi connectivity index (χ4n) is 2.21. The van der Waals surface area contributed by atoms with Gasteiger partial charge < -0.3 is 15.6 Å². The van der Waals surface area contributed by atoms with Gasteiger partial charge in [0.2, 0.25) is 5.95 Å². The Hall–Kier alpha value is -3.08. The molecule has 3 N–H and O–H groups in total. The summed E-state index contributed by atoms with van der Waals surface area (Å²) in [6.07, 6.45) is 3.37. The summed E-state index contributed by atoms with van der Waals surface area (Å²) in [5.74, 6) is 1.08. The van der Waals surface area contributed by atoms with Gasteiger partial charge in [0.05, 0.1) is 28.5 Å². The molecule has 3 aromatic heterocycles. The SMILES string of the molecule is CCNc1nc(Nc2cnn(C)c2C)nc2[nH]cc(C#N)c12. The molecule has 0 unspecified atom stereocenters. The van der Waals surface area contributed by atoms with E-state index in [-0.39, 0.29) is 0 Å². The third-order valence-corrected chi connectivity index (χ3v) is 3.48. The van der Waals surface area contributed by atoms with Crippen LogP contribution >= 0.6 is 0 Å². The van der Waals surface area contributed by atoms with Crippen LogP contribution in [-0.4, -0.2) is 31.3 Å². The minimum atomic E-state index is 0.450. The van der Waals surface area contributed by atoms with Crippen molar-refractivity contribution in [1.82, 2.24) is 24.7 Å². The van der Waals surface area contributed by atoms with Gasteiger partial charge in [-0.25, -0.2) is 0 Å². The minimum absolute atomic E-state index is 0.450. The average molecular weight is 296 g/mol. The largest absolute Gasteiger partial charge is 0.370 e. The standard InChI is InChI=1S/C14H16N8/c1-4-16-12-11-9(5-15)6-17-13(11)21-14(20-12)19-10-7-18-22(3)8(10)2/h6-7H,4H2,1-3H3,(H3,16,17,19,20,21). The summed E-state index contributed by atoms with van der Waals surface area (Å²) in [5.41, 5.74) is 2.97. The summed E-state index contributed by atoms with van der Waals surface area (Å²) < 4.78 is 1.77. The normalized spacial score (nSPS) is 10.6. The predicted octanol–water partition coefficient (Wildman–Crippen LogP) is 2.05. The van der Waals surface area contributed by atoms with E-state index in [1.54, 1.807) is 17.1 Å². The molecule has 3 rings (SSSR count). The van der Waals surface area contributed by atoms with E-state index in [9.17, 15) is 5.26 Å². The van der Waals surface area contributed by atoms with E-state index >= 15 is 0 Å². The summed E-state index contributed by atoms with van der Waals surface area (Å²) in [6, 6.07) is 2.15. The van der Waals surface area contributed by atoms with E-state index in [0.29, 0.717) is 34.9 Å². The van der Waals surface area contributed by atoms with E-state index in [4.69, 9.17) is 0 Å². The summed E-state index contributed by atoms with van der Waals surface area (Å²) >= 11 is 0. The van der Waals surface area contributed by atoms with Crippen LogP contribution in [0.15, 0.2) is 12.4 Å². The second-order valence-electron chi connectivity index (χ2n) is 4.86. The molecule has 8 nitrogen and oxygen atoms in total. The number of nitriles is 1. The molecule has 0 aliphatic carbocycles. The smallest absolute Gasteiger partial charge is 0.231 e. The lowest BCUT2D eigenvalue weighted by atomic mass is 10.2. The van der Waals surface area contributed by atoms with Crippen molar-refractivity contribution in [1.29, 1.82) is 5.26 Å². The number of anilines is 3. The highest BCUT2D eigenvalue weighted by atomic mass is 15.3. The van der Waals surface area contributed by atoms with E-state index in [0.717, 1.165) is 11.4 Å². The number of nitrogens with one attached hydrogen (secondary N) is 3. The maximum absolute atomic E-state index is 9.18. The molecule has 0 bridgehead atoms. The molecule has 0 aliphatic rings. The van der Waals surface area contributed by atoms with Crippen molar-refractivity contribution in [3.63, 3.8) is 0 Å². The van der Waals surface area contributed by atoms with E-state index < -0.39 is 0 Å². The van der Waals surface area contributed by atoms with Crippen molar-refractivity contribution in [2.24, 2.45) is 7.05 Å². The molecule has 0 fully saturated rings. The number of nitrogens with zero attached hydrogens (tertiary/aromatic N) is 5. The van der Waals surface area contributed by atoms with Gasteiger partial charge in [-0.05, 0) is 13.8 Å². The van der Waals surface area contributed by atoms with Gasteiger partial charge in [0.15, 0.2) is 0 Å². The Labute approximate surface area is 127 Å². The van der Waals surface area contributed by atoms with Crippen molar-refractivity contribution in [2.45, 2.75) is 13.8 Å². The van der Waals surface area contributed by atoms with Crippen LogP contribution in [0.3, 0.4) is 0 Å². The molecule has 0 saturated carbocycles. The zero-order valence-electron chi connectivity index (χ0n) is 12.6. The first kappa shape index (κ1) is 13.9. The van der Waals surface area contributed by atoms with Gasteiger partial charge in [0.25, 0.3) is 0 Å². The summed E-state index contributed by atoms with van der Waals surface area (Å²) in [5, 5.41) is 20.4. The predicted molar refractivity (Wildman–Crippen MR) is 84.0 cm³/mol. The third kappa shape index (κ3) is 2.22. The van der Waals surface area contributed by atoms with Crippen LogP contribution in [0, 0.1) is 18.3 Å². The van der Waals surface area contributed by atoms with Gasteiger partial charge in [0, 0.05) is 19.8 Å². The Morgan fingerprint density at radius 1 is 1.41 bits per heavy atom. The molecule has 0 spiro atoms. The zero-order chi connectivity index (χ0) is 15.7. The Balaban J connectivity index is 2.08. The summed E-state index contributed by atoms with van der Waals surface area (Å²) in [7, 11) is 1.87. The van der Waals surface area contributed by atoms with Gasteiger partial charge in [-0.15, -0.1) is 0 Å². The first-order chi connectivity index (χ1) is 10.6. The molecular formula is C14H16N8. The maximum atomic E-state index is 9.18. The second kappa shape index (κ2) is 5.37. The Bertz CT molecular complexity index is 867. The van der Waals surface area contributed by atoms with Crippen molar-refractivity contribution in [3.8, 4) is 6.07 Å². The van der Waals surface area contributed by atoms with Crippen LogP contribution < -0.4 is 10.6 Å².